The van der Waals surface area contributed by atoms with Crippen molar-refractivity contribution in [2.24, 2.45) is 0 Å². The topological polar surface area (TPSA) is 96.0 Å². The minimum atomic E-state index is -4.31. The molecule has 2 amide bonds. The van der Waals surface area contributed by atoms with Crippen molar-refractivity contribution in [1.82, 2.24) is 10.2 Å². The molecule has 0 radical (unpaired) electrons. The predicted octanol–water partition coefficient (Wildman–Crippen LogP) is 5.51. The Hall–Kier alpha value is -3.44. The molecule has 0 aliphatic carbocycles. The average Bonchev–Trinajstić information content (AvgIpc) is 2.90. The van der Waals surface area contributed by atoms with Crippen LogP contribution in [0.2, 0.25) is 0 Å². The lowest BCUT2D eigenvalue weighted by atomic mass is 10.1. The maximum atomic E-state index is 14.0. The van der Waals surface area contributed by atoms with Crippen LogP contribution in [-0.4, -0.2) is 49.9 Å². The Morgan fingerprint density at radius 3 is 2.22 bits per heavy atom. The highest BCUT2D eigenvalue weighted by Crippen LogP contribution is 2.27. The van der Waals surface area contributed by atoms with Crippen LogP contribution in [0.3, 0.4) is 0 Å². The number of benzene rings is 3. The fraction of sp³-hybridized carbons (Fsp3) is 0.333. The Morgan fingerprint density at radius 1 is 1.02 bits per heavy atom. The average molecular weight is 649 g/mol. The van der Waals surface area contributed by atoms with E-state index in [2.05, 4.69) is 21.2 Å². The van der Waals surface area contributed by atoms with Gasteiger partial charge in [0.1, 0.15) is 24.2 Å². The highest BCUT2D eigenvalue weighted by Gasteiger charge is 2.33. The second kappa shape index (κ2) is 13.5. The largest absolute Gasteiger partial charge is 0.494 e. The Bertz CT molecular complexity index is 1460. The van der Waals surface area contributed by atoms with Gasteiger partial charge >= 0.3 is 0 Å². The van der Waals surface area contributed by atoms with Gasteiger partial charge in [0.15, 0.2) is 0 Å². The van der Waals surface area contributed by atoms with Crippen molar-refractivity contribution in [3.05, 3.63) is 88.6 Å². The Kier molecular flexibility index (Phi) is 10.5. The molecule has 0 aliphatic rings. The highest BCUT2D eigenvalue weighted by molar-refractivity contribution is 9.10. The van der Waals surface area contributed by atoms with Gasteiger partial charge in [0.05, 0.1) is 17.2 Å². The first-order valence-corrected chi connectivity index (χ1v) is 15.3. The summed E-state index contributed by atoms with van der Waals surface area (Å²) >= 11 is 3.43. The molecule has 0 saturated heterocycles. The standard InChI is InChI=1S/C30H35BrFN3O5S/c1-6-40-26-14-12-25(13-15-26)35(41(38,39)27-16-10-24(32)11-17-27)20-28(36)34(19-22-8-7-9-23(31)18-22)21(2)29(37)33-30(3,4)5/h7-18,21H,6,19-20H2,1-5H3,(H,33,37)/t21-/m1/s1. The summed E-state index contributed by atoms with van der Waals surface area (Å²) in [7, 11) is -4.31. The van der Waals surface area contributed by atoms with Crippen molar-refractivity contribution in [3.63, 3.8) is 0 Å². The minimum Gasteiger partial charge on any atom is -0.494 e. The molecule has 3 aromatic carbocycles. The van der Waals surface area contributed by atoms with Crippen LogP contribution in [0.15, 0.2) is 82.2 Å². The van der Waals surface area contributed by atoms with Gasteiger partial charge in [-0.15, -0.1) is 0 Å². The van der Waals surface area contributed by atoms with Gasteiger partial charge in [0.25, 0.3) is 10.0 Å². The molecule has 41 heavy (non-hydrogen) atoms. The molecule has 0 heterocycles. The lowest BCUT2D eigenvalue weighted by Crippen LogP contribution is -2.54. The Morgan fingerprint density at radius 2 is 1.66 bits per heavy atom. The number of ether oxygens (including phenoxy) is 1. The molecule has 220 valence electrons. The first kappa shape index (κ1) is 32.1. The van der Waals surface area contributed by atoms with Gasteiger partial charge in [0, 0.05) is 16.6 Å². The van der Waals surface area contributed by atoms with Gasteiger partial charge in [-0.2, -0.15) is 0 Å². The summed E-state index contributed by atoms with van der Waals surface area (Å²) in [6, 6.07) is 17.1. The van der Waals surface area contributed by atoms with Crippen molar-refractivity contribution in [2.75, 3.05) is 17.5 Å². The van der Waals surface area contributed by atoms with E-state index in [1.165, 1.54) is 17.0 Å². The molecule has 0 saturated carbocycles. The van der Waals surface area contributed by atoms with Gasteiger partial charge in [0.2, 0.25) is 11.8 Å². The van der Waals surface area contributed by atoms with Crippen LogP contribution >= 0.6 is 15.9 Å². The first-order valence-electron chi connectivity index (χ1n) is 13.1. The molecule has 0 spiro atoms. The van der Waals surface area contributed by atoms with E-state index in [1.807, 2.05) is 52.0 Å². The van der Waals surface area contributed by atoms with Crippen molar-refractivity contribution in [3.8, 4) is 5.75 Å². The van der Waals surface area contributed by atoms with Crippen LogP contribution < -0.4 is 14.4 Å². The maximum absolute atomic E-state index is 14.0. The fourth-order valence-corrected chi connectivity index (χ4v) is 5.89. The van der Waals surface area contributed by atoms with Gasteiger partial charge in [-0.05, 0) is 101 Å². The number of hydrogen-bond donors (Lipinski definition) is 1. The van der Waals surface area contributed by atoms with Gasteiger partial charge in [-0.1, -0.05) is 28.1 Å². The van der Waals surface area contributed by atoms with Crippen LogP contribution in [-0.2, 0) is 26.2 Å². The smallest absolute Gasteiger partial charge is 0.264 e. The van der Waals surface area contributed by atoms with E-state index in [-0.39, 0.29) is 23.0 Å². The van der Waals surface area contributed by atoms with Crippen LogP contribution in [0.5, 0.6) is 5.75 Å². The third-order valence-electron chi connectivity index (χ3n) is 6.02. The van der Waals surface area contributed by atoms with Crippen molar-refractivity contribution < 1.29 is 27.1 Å². The number of nitrogens with zero attached hydrogens (tertiary/aromatic N) is 2. The lowest BCUT2D eigenvalue weighted by Gasteiger charge is -2.33. The number of nitrogens with one attached hydrogen (secondary N) is 1. The molecule has 0 fully saturated rings. The van der Waals surface area contributed by atoms with Crippen molar-refractivity contribution >= 4 is 43.5 Å². The molecule has 0 bridgehead atoms. The van der Waals surface area contributed by atoms with E-state index in [9.17, 15) is 22.4 Å². The normalized spacial score (nSPS) is 12.4. The zero-order valence-electron chi connectivity index (χ0n) is 23.7. The van der Waals surface area contributed by atoms with Gasteiger partial charge in [-0.25, -0.2) is 12.8 Å². The summed E-state index contributed by atoms with van der Waals surface area (Å²) in [6.45, 7) is 8.82. The van der Waals surface area contributed by atoms with E-state index >= 15 is 0 Å². The Labute approximate surface area is 249 Å². The van der Waals surface area contributed by atoms with Crippen LogP contribution in [0.1, 0.15) is 40.2 Å². The molecule has 3 rings (SSSR count). The number of halogens is 2. The quantitative estimate of drug-likeness (QED) is 0.296. The van der Waals surface area contributed by atoms with Crippen LogP contribution in [0.4, 0.5) is 10.1 Å². The fourth-order valence-electron chi connectivity index (χ4n) is 4.03. The number of rotatable bonds is 11. The van der Waals surface area contributed by atoms with E-state index < -0.39 is 39.9 Å². The van der Waals surface area contributed by atoms with Gasteiger partial charge < -0.3 is 15.0 Å². The number of sulfonamides is 1. The number of hydrogen-bond acceptors (Lipinski definition) is 5. The first-order chi connectivity index (χ1) is 19.2. The highest BCUT2D eigenvalue weighted by atomic mass is 79.9. The summed E-state index contributed by atoms with van der Waals surface area (Å²) in [5.41, 5.74) is 0.410. The van der Waals surface area contributed by atoms with Crippen molar-refractivity contribution in [1.29, 1.82) is 0 Å². The molecular weight excluding hydrogens is 613 g/mol. The predicted molar refractivity (Wildman–Crippen MR) is 161 cm³/mol. The second-order valence-electron chi connectivity index (χ2n) is 10.5. The maximum Gasteiger partial charge on any atom is 0.264 e. The zero-order chi connectivity index (χ0) is 30.4. The molecule has 0 aliphatic heterocycles. The number of anilines is 1. The summed E-state index contributed by atoms with van der Waals surface area (Å²) in [4.78, 5) is 28.3. The van der Waals surface area contributed by atoms with Gasteiger partial charge in [-0.3, -0.25) is 13.9 Å². The summed E-state index contributed by atoms with van der Waals surface area (Å²) in [5.74, 6) is -1.03. The van der Waals surface area contributed by atoms with Crippen LogP contribution in [0.25, 0.3) is 0 Å². The molecule has 3 aromatic rings. The van der Waals surface area contributed by atoms with E-state index in [4.69, 9.17) is 4.74 Å². The third kappa shape index (κ3) is 8.77. The monoisotopic (exact) mass is 647 g/mol. The third-order valence-corrected chi connectivity index (χ3v) is 8.30. The van der Waals surface area contributed by atoms with E-state index in [0.29, 0.717) is 12.4 Å². The minimum absolute atomic E-state index is 0.0602. The van der Waals surface area contributed by atoms with E-state index in [0.717, 1.165) is 38.6 Å². The second-order valence-corrected chi connectivity index (χ2v) is 13.2. The summed E-state index contributed by atoms with van der Waals surface area (Å²) in [5, 5.41) is 2.89. The zero-order valence-corrected chi connectivity index (χ0v) is 26.1. The number of carbonyl (C=O) groups is 2. The van der Waals surface area contributed by atoms with Crippen LogP contribution in [0, 0.1) is 5.82 Å². The molecule has 11 heteroatoms. The van der Waals surface area contributed by atoms with Crippen molar-refractivity contribution in [2.45, 2.75) is 57.6 Å². The summed E-state index contributed by atoms with van der Waals surface area (Å²) < 4.78 is 48.5. The molecule has 1 atom stereocenters. The molecule has 8 nitrogen and oxygen atoms in total. The number of carbonyl (C=O) groups excluding carboxylic acids is 2. The number of amides is 2. The van der Waals surface area contributed by atoms with E-state index in [1.54, 1.807) is 19.1 Å². The molecule has 1 N–H and O–H groups in total. The molecular formula is C30H35BrFN3O5S. The Balaban J connectivity index is 2.04. The molecule has 0 aromatic heterocycles. The molecule has 0 unspecified atom stereocenters. The SMILES string of the molecule is CCOc1ccc(N(CC(=O)N(Cc2cccc(Br)c2)[C@H](C)C(=O)NC(C)(C)C)S(=O)(=O)c2ccc(F)cc2)cc1. The summed E-state index contributed by atoms with van der Waals surface area (Å²) in [6.07, 6.45) is 0. The lowest BCUT2D eigenvalue weighted by molar-refractivity contribution is -0.140.